The molecule has 24 heavy (non-hydrogen) atoms. The highest BCUT2D eigenvalue weighted by Crippen LogP contribution is 2.12. The van der Waals surface area contributed by atoms with Gasteiger partial charge in [-0.15, -0.1) is 0 Å². The molecule has 0 saturated heterocycles. The van der Waals surface area contributed by atoms with Gasteiger partial charge in [-0.2, -0.15) is 0 Å². The Morgan fingerprint density at radius 2 is 1.96 bits per heavy atom. The molecule has 0 aliphatic heterocycles. The maximum Gasteiger partial charge on any atom is 0.344 e. The Hall–Kier alpha value is -3.15. The van der Waals surface area contributed by atoms with E-state index in [-0.39, 0.29) is 12.3 Å². The lowest BCUT2D eigenvalue weighted by Crippen LogP contribution is -2.24. The molecule has 1 amide bonds. The van der Waals surface area contributed by atoms with Crippen LogP contribution in [0.25, 0.3) is 10.8 Å². The van der Waals surface area contributed by atoms with Crippen LogP contribution in [0.4, 0.5) is 5.82 Å². The third-order valence-electron chi connectivity index (χ3n) is 3.57. The maximum atomic E-state index is 12.3. The fourth-order valence-corrected chi connectivity index (χ4v) is 2.32. The third-order valence-corrected chi connectivity index (χ3v) is 3.57. The summed E-state index contributed by atoms with van der Waals surface area (Å²) in [6.45, 7) is 0.247. The number of hydrogen-bond donors (Lipinski definition) is 1. The van der Waals surface area contributed by atoms with Crippen molar-refractivity contribution in [3.05, 3.63) is 70.4 Å². The second kappa shape index (κ2) is 6.54. The van der Waals surface area contributed by atoms with Gasteiger partial charge in [0.05, 0.1) is 17.6 Å². The van der Waals surface area contributed by atoms with E-state index in [0.717, 1.165) is 11.5 Å². The van der Waals surface area contributed by atoms with Gasteiger partial charge >= 0.3 is 5.63 Å². The third kappa shape index (κ3) is 3.27. The second-order valence-electron chi connectivity index (χ2n) is 5.55. The number of carbonyl (C=O) groups is 1. The lowest BCUT2D eigenvalue weighted by atomic mass is 10.1. The van der Waals surface area contributed by atoms with E-state index in [9.17, 15) is 9.59 Å². The summed E-state index contributed by atoms with van der Waals surface area (Å²) in [5, 5.41) is 3.85. The quantitative estimate of drug-likeness (QED) is 0.796. The number of benzene rings is 1. The van der Waals surface area contributed by atoms with Crippen molar-refractivity contribution >= 4 is 22.5 Å². The average molecular weight is 323 g/mol. The monoisotopic (exact) mass is 323 g/mol. The number of aromatic nitrogens is 1. The van der Waals surface area contributed by atoms with Gasteiger partial charge in [0, 0.05) is 14.1 Å². The van der Waals surface area contributed by atoms with Crippen LogP contribution in [0.15, 0.2) is 57.7 Å². The SMILES string of the molecule is CN(C)c1cccc(CNC(=O)c2cc3ccccc3c(=O)o2)n1. The van der Waals surface area contributed by atoms with Crippen LogP contribution in [-0.4, -0.2) is 25.0 Å². The highest BCUT2D eigenvalue weighted by Gasteiger charge is 2.12. The second-order valence-corrected chi connectivity index (χ2v) is 5.55. The largest absolute Gasteiger partial charge is 0.417 e. The smallest absolute Gasteiger partial charge is 0.344 e. The Morgan fingerprint density at radius 1 is 1.17 bits per heavy atom. The van der Waals surface area contributed by atoms with E-state index in [1.807, 2.05) is 37.2 Å². The van der Waals surface area contributed by atoms with E-state index in [4.69, 9.17) is 4.42 Å². The van der Waals surface area contributed by atoms with Gasteiger partial charge in [0.15, 0.2) is 5.76 Å². The fraction of sp³-hybridized carbons (Fsp3) is 0.167. The van der Waals surface area contributed by atoms with Gasteiger partial charge in [-0.05, 0) is 29.7 Å². The number of carbonyl (C=O) groups excluding carboxylic acids is 1. The fourth-order valence-electron chi connectivity index (χ4n) is 2.32. The molecule has 0 radical (unpaired) electrons. The topological polar surface area (TPSA) is 75.4 Å². The molecule has 0 spiro atoms. The van der Waals surface area contributed by atoms with Crippen LogP contribution in [0, 0.1) is 0 Å². The van der Waals surface area contributed by atoms with Gasteiger partial charge in [-0.25, -0.2) is 9.78 Å². The van der Waals surface area contributed by atoms with Crippen LogP contribution in [0.1, 0.15) is 16.2 Å². The van der Waals surface area contributed by atoms with Crippen molar-refractivity contribution in [3.63, 3.8) is 0 Å². The van der Waals surface area contributed by atoms with Crippen molar-refractivity contribution in [2.24, 2.45) is 0 Å². The Morgan fingerprint density at radius 3 is 2.75 bits per heavy atom. The molecule has 1 aromatic carbocycles. The van der Waals surface area contributed by atoms with Crippen LogP contribution in [-0.2, 0) is 6.54 Å². The minimum atomic E-state index is -0.522. The van der Waals surface area contributed by atoms with Crippen LogP contribution in [0.2, 0.25) is 0 Å². The predicted octanol–water partition coefficient (Wildman–Crippen LogP) is 2.18. The summed E-state index contributed by atoms with van der Waals surface area (Å²) in [6, 6.07) is 14.1. The molecule has 2 aromatic heterocycles. The Kier molecular flexibility index (Phi) is 4.29. The molecular formula is C18H17N3O3. The molecule has 3 aromatic rings. The molecule has 0 saturated carbocycles. The van der Waals surface area contributed by atoms with Crippen molar-refractivity contribution in [2.75, 3.05) is 19.0 Å². The minimum Gasteiger partial charge on any atom is -0.417 e. The summed E-state index contributed by atoms with van der Waals surface area (Å²) >= 11 is 0. The molecule has 2 heterocycles. The first-order valence-electron chi connectivity index (χ1n) is 7.49. The van der Waals surface area contributed by atoms with Crippen molar-refractivity contribution < 1.29 is 9.21 Å². The van der Waals surface area contributed by atoms with Crippen molar-refractivity contribution in [1.29, 1.82) is 0 Å². The van der Waals surface area contributed by atoms with Gasteiger partial charge in [0.1, 0.15) is 5.82 Å². The van der Waals surface area contributed by atoms with Crippen LogP contribution < -0.4 is 15.8 Å². The molecule has 0 fully saturated rings. The molecule has 122 valence electrons. The summed E-state index contributed by atoms with van der Waals surface area (Å²) in [4.78, 5) is 30.5. The predicted molar refractivity (Wildman–Crippen MR) is 92.2 cm³/mol. The first-order valence-corrected chi connectivity index (χ1v) is 7.49. The van der Waals surface area contributed by atoms with E-state index in [2.05, 4.69) is 10.3 Å². The molecule has 0 aliphatic rings. The molecule has 6 nitrogen and oxygen atoms in total. The van der Waals surface area contributed by atoms with Crippen LogP contribution in [0.5, 0.6) is 0 Å². The van der Waals surface area contributed by atoms with Crippen molar-refractivity contribution in [2.45, 2.75) is 6.54 Å². The Bertz CT molecular complexity index is 947. The Balaban J connectivity index is 1.78. The summed E-state index contributed by atoms with van der Waals surface area (Å²) in [5.74, 6) is 0.344. The van der Waals surface area contributed by atoms with Crippen molar-refractivity contribution in [3.8, 4) is 0 Å². The molecule has 0 bridgehead atoms. The van der Waals surface area contributed by atoms with Gasteiger partial charge < -0.3 is 14.6 Å². The van der Waals surface area contributed by atoms with E-state index >= 15 is 0 Å². The van der Waals surface area contributed by atoms with Gasteiger partial charge in [0.2, 0.25) is 0 Å². The molecule has 0 aliphatic carbocycles. The summed E-state index contributed by atoms with van der Waals surface area (Å²) in [6.07, 6.45) is 0. The maximum absolute atomic E-state index is 12.3. The van der Waals surface area contributed by atoms with Gasteiger partial charge in [-0.3, -0.25) is 4.79 Å². The summed E-state index contributed by atoms with van der Waals surface area (Å²) in [7, 11) is 3.79. The lowest BCUT2D eigenvalue weighted by Gasteiger charge is -2.12. The Labute approximate surface area is 138 Å². The number of rotatable bonds is 4. The zero-order valence-corrected chi connectivity index (χ0v) is 13.4. The molecule has 1 N–H and O–H groups in total. The standard InChI is InChI=1S/C18H17N3O3/c1-21(2)16-9-5-7-13(20-16)11-19-17(22)15-10-12-6-3-4-8-14(12)18(23)24-15/h3-10H,11H2,1-2H3,(H,19,22). The van der Waals surface area contributed by atoms with E-state index < -0.39 is 11.5 Å². The average Bonchev–Trinajstić information content (AvgIpc) is 2.60. The van der Waals surface area contributed by atoms with E-state index in [1.165, 1.54) is 0 Å². The van der Waals surface area contributed by atoms with Gasteiger partial charge in [0.25, 0.3) is 5.91 Å². The first-order chi connectivity index (χ1) is 11.5. The van der Waals surface area contributed by atoms with Crippen LogP contribution >= 0.6 is 0 Å². The first kappa shape index (κ1) is 15.7. The minimum absolute atomic E-state index is 0.0116. The number of pyridine rings is 1. The highest BCUT2D eigenvalue weighted by molar-refractivity contribution is 5.95. The summed E-state index contributed by atoms with van der Waals surface area (Å²) < 4.78 is 5.11. The molecular weight excluding hydrogens is 306 g/mol. The summed E-state index contributed by atoms with van der Waals surface area (Å²) in [5.41, 5.74) is 0.198. The lowest BCUT2D eigenvalue weighted by molar-refractivity contribution is 0.0919. The molecule has 6 heteroatoms. The number of anilines is 1. The molecule has 3 rings (SSSR count). The van der Waals surface area contributed by atoms with Gasteiger partial charge in [-0.1, -0.05) is 24.3 Å². The number of amides is 1. The molecule has 0 unspecified atom stereocenters. The number of nitrogens with one attached hydrogen (secondary N) is 1. The van der Waals surface area contributed by atoms with Crippen molar-refractivity contribution in [1.82, 2.24) is 10.3 Å². The normalized spacial score (nSPS) is 10.6. The van der Waals surface area contributed by atoms with E-state index in [1.54, 1.807) is 30.3 Å². The number of nitrogens with zero attached hydrogens (tertiary/aromatic N) is 2. The number of hydrogen-bond acceptors (Lipinski definition) is 5. The number of fused-ring (bicyclic) bond motifs is 1. The van der Waals surface area contributed by atoms with Crippen LogP contribution in [0.3, 0.4) is 0 Å². The highest BCUT2D eigenvalue weighted by atomic mass is 16.4. The zero-order chi connectivity index (χ0) is 17.1. The van der Waals surface area contributed by atoms with E-state index in [0.29, 0.717) is 10.8 Å². The molecule has 0 atom stereocenters. The zero-order valence-electron chi connectivity index (χ0n) is 13.4.